The third kappa shape index (κ3) is 5.16. The van der Waals surface area contributed by atoms with Crippen molar-refractivity contribution in [3.63, 3.8) is 0 Å². The summed E-state index contributed by atoms with van der Waals surface area (Å²) >= 11 is 0. The first-order chi connectivity index (χ1) is 13.8. The van der Waals surface area contributed by atoms with E-state index in [2.05, 4.69) is 15.3 Å². The number of benzene rings is 1. The van der Waals surface area contributed by atoms with Crippen molar-refractivity contribution in [2.45, 2.75) is 45.3 Å². The Balaban J connectivity index is 1.74. The number of carbonyl (C=O) groups excluding carboxylic acids is 1. The Hall–Kier alpha value is -2.84. The second-order valence-corrected chi connectivity index (χ2v) is 7.07. The molecule has 29 heavy (non-hydrogen) atoms. The summed E-state index contributed by atoms with van der Waals surface area (Å²) in [4.78, 5) is 33.4. The average Bonchev–Trinajstić information content (AvgIpc) is 2.67. The molecular formula is C20H23F3N4O2. The van der Waals surface area contributed by atoms with E-state index in [-0.39, 0.29) is 24.6 Å². The third-order valence-corrected chi connectivity index (χ3v) is 4.84. The van der Waals surface area contributed by atoms with E-state index in [9.17, 15) is 22.8 Å². The first-order valence-corrected chi connectivity index (χ1v) is 9.57. The van der Waals surface area contributed by atoms with Gasteiger partial charge in [0, 0.05) is 25.9 Å². The summed E-state index contributed by atoms with van der Waals surface area (Å²) in [6, 6.07) is 4.76. The molecule has 0 saturated heterocycles. The number of fused-ring (bicyclic) bond motifs is 1. The maximum atomic E-state index is 12.9. The number of hydrogen-bond donors (Lipinski definition) is 2. The highest BCUT2D eigenvalue weighted by molar-refractivity contribution is 5.74. The van der Waals surface area contributed by atoms with Gasteiger partial charge in [-0.15, -0.1) is 0 Å². The minimum absolute atomic E-state index is 0.0909. The van der Waals surface area contributed by atoms with Crippen LogP contribution in [0.2, 0.25) is 0 Å². The predicted molar refractivity (Wildman–Crippen MR) is 102 cm³/mol. The average molecular weight is 408 g/mol. The molecule has 1 aromatic carbocycles. The summed E-state index contributed by atoms with van der Waals surface area (Å²) in [6.45, 7) is 3.22. The van der Waals surface area contributed by atoms with Crippen LogP contribution in [0.5, 0.6) is 0 Å². The molecule has 3 rings (SSSR count). The first kappa shape index (κ1) is 20.9. The number of aromatic amines is 1. The number of nitrogens with zero attached hydrogens (tertiary/aromatic N) is 2. The summed E-state index contributed by atoms with van der Waals surface area (Å²) in [6.07, 6.45) is -2.05. The number of carbonyl (C=O) groups is 1. The fraction of sp³-hybridized carbons (Fsp3) is 0.450. The molecule has 0 atom stereocenters. The van der Waals surface area contributed by atoms with Gasteiger partial charge in [-0.2, -0.15) is 13.2 Å². The highest BCUT2D eigenvalue weighted by Crippen LogP contribution is 2.29. The van der Waals surface area contributed by atoms with Crippen molar-refractivity contribution in [2.75, 3.05) is 13.1 Å². The Morgan fingerprint density at radius 3 is 2.86 bits per heavy atom. The third-order valence-electron chi connectivity index (χ3n) is 4.84. The number of nitrogens with one attached hydrogen (secondary N) is 2. The first-order valence-electron chi connectivity index (χ1n) is 9.57. The SMILES string of the molecule is CCCCNC(=O)N1CCc2nc(Cc3cccc(C(F)(F)F)c3)[nH]c(=O)c2C1. The van der Waals surface area contributed by atoms with E-state index in [1.807, 2.05) is 6.92 Å². The number of aromatic nitrogens is 2. The molecule has 1 aromatic heterocycles. The van der Waals surface area contributed by atoms with Crippen LogP contribution < -0.4 is 10.9 Å². The van der Waals surface area contributed by atoms with Crippen molar-refractivity contribution in [3.8, 4) is 0 Å². The van der Waals surface area contributed by atoms with Crippen molar-refractivity contribution < 1.29 is 18.0 Å². The van der Waals surface area contributed by atoms with Crippen LogP contribution in [-0.4, -0.2) is 34.0 Å². The zero-order chi connectivity index (χ0) is 21.0. The second-order valence-electron chi connectivity index (χ2n) is 7.07. The molecule has 0 bridgehead atoms. The van der Waals surface area contributed by atoms with Gasteiger partial charge in [0.15, 0.2) is 0 Å². The molecule has 1 aliphatic rings. The molecule has 2 aromatic rings. The van der Waals surface area contributed by atoms with Crippen LogP contribution in [0.1, 0.15) is 48.0 Å². The summed E-state index contributed by atoms with van der Waals surface area (Å²) in [5.41, 5.74) is 0.335. The Labute approximate surface area is 166 Å². The molecule has 0 fully saturated rings. The van der Waals surface area contributed by atoms with Gasteiger partial charge in [-0.25, -0.2) is 9.78 Å². The van der Waals surface area contributed by atoms with Crippen molar-refractivity contribution in [1.29, 1.82) is 0 Å². The highest BCUT2D eigenvalue weighted by Gasteiger charge is 2.30. The van der Waals surface area contributed by atoms with Gasteiger partial charge in [0.2, 0.25) is 0 Å². The number of alkyl halides is 3. The number of urea groups is 1. The van der Waals surface area contributed by atoms with Gasteiger partial charge in [0.25, 0.3) is 5.56 Å². The molecule has 0 saturated carbocycles. The summed E-state index contributed by atoms with van der Waals surface area (Å²) < 4.78 is 38.7. The lowest BCUT2D eigenvalue weighted by Gasteiger charge is -2.28. The minimum Gasteiger partial charge on any atom is -0.338 e. The molecule has 2 heterocycles. The van der Waals surface area contributed by atoms with Gasteiger partial charge in [-0.3, -0.25) is 4.79 Å². The van der Waals surface area contributed by atoms with E-state index in [1.165, 1.54) is 6.07 Å². The van der Waals surface area contributed by atoms with Gasteiger partial charge in [-0.1, -0.05) is 31.5 Å². The van der Waals surface area contributed by atoms with Crippen LogP contribution >= 0.6 is 0 Å². The summed E-state index contributed by atoms with van der Waals surface area (Å²) in [5, 5.41) is 2.83. The smallest absolute Gasteiger partial charge is 0.338 e. The molecule has 1 aliphatic heterocycles. The van der Waals surface area contributed by atoms with E-state index < -0.39 is 11.7 Å². The molecule has 2 amide bonds. The van der Waals surface area contributed by atoms with Crippen LogP contribution in [0, 0.1) is 0 Å². The molecule has 6 nitrogen and oxygen atoms in total. The van der Waals surface area contributed by atoms with Gasteiger partial charge in [0.1, 0.15) is 5.82 Å². The van der Waals surface area contributed by atoms with Crippen molar-refractivity contribution in [3.05, 3.63) is 62.8 Å². The predicted octanol–water partition coefficient (Wildman–Crippen LogP) is 3.25. The van der Waals surface area contributed by atoms with Crippen molar-refractivity contribution in [1.82, 2.24) is 20.2 Å². The summed E-state index contributed by atoms with van der Waals surface area (Å²) in [7, 11) is 0. The fourth-order valence-electron chi connectivity index (χ4n) is 3.27. The lowest BCUT2D eigenvalue weighted by Crippen LogP contribution is -2.45. The second kappa shape index (κ2) is 8.67. The Morgan fingerprint density at radius 2 is 2.14 bits per heavy atom. The van der Waals surface area contributed by atoms with Crippen LogP contribution in [0.4, 0.5) is 18.0 Å². The Kier molecular flexibility index (Phi) is 6.24. The van der Waals surface area contributed by atoms with E-state index in [0.717, 1.165) is 25.0 Å². The number of halogens is 3. The largest absolute Gasteiger partial charge is 0.416 e. The Bertz CT molecular complexity index is 940. The van der Waals surface area contributed by atoms with E-state index in [0.29, 0.717) is 42.2 Å². The monoisotopic (exact) mass is 408 g/mol. The molecule has 156 valence electrons. The normalized spacial score (nSPS) is 13.9. The number of H-pyrrole nitrogens is 1. The van der Waals surface area contributed by atoms with Gasteiger partial charge >= 0.3 is 12.2 Å². The molecule has 0 spiro atoms. The highest BCUT2D eigenvalue weighted by atomic mass is 19.4. The van der Waals surface area contributed by atoms with E-state index >= 15 is 0 Å². The zero-order valence-electron chi connectivity index (χ0n) is 16.1. The molecule has 9 heteroatoms. The molecule has 0 aliphatic carbocycles. The Morgan fingerprint density at radius 1 is 1.34 bits per heavy atom. The lowest BCUT2D eigenvalue weighted by molar-refractivity contribution is -0.137. The summed E-state index contributed by atoms with van der Waals surface area (Å²) in [5.74, 6) is 0.314. The van der Waals surface area contributed by atoms with Crippen molar-refractivity contribution >= 4 is 6.03 Å². The van der Waals surface area contributed by atoms with Crippen LogP contribution in [0.25, 0.3) is 0 Å². The quantitative estimate of drug-likeness (QED) is 0.746. The maximum Gasteiger partial charge on any atom is 0.416 e. The topological polar surface area (TPSA) is 78.1 Å². The van der Waals surface area contributed by atoms with E-state index in [1.54, 1.807) is 11.0 Å². The standard InChI is InChI=1S/C20H23F3N4O2/c1-2-3-8-24-19(29)27-9-7-16-15(12-27)18(28)26-17(25-16)11-13-5-4-6-14(10-13)20(21,22)23/h4-6,10H,2-3,7-9,11-12H2,1H3,(H,24,29)(H,25,26,28). The van der Waals surface area contributed by atoms with E-state index in [4.69, 9.17) is 0 Å². The molecular weight excluding hydrogens is 385 g/mol. The maximum absolute atomic E-state index is 12.9. The minimum atomic E-state index is -4.42. The number of amides is 2. The van der Waals surface area contributed by atoms with Gasteiger partial charge in [-0.05, 0) is 18.1 Å². The zero-order valence-corrected chi connectivity index (χ0v) is 16.1. The number of hydrogen-bond acceptors (Lipinski definition) is 3. The van der Waals surface area contributed by atoms with Crippen LogP contribution in [0.15, 0.2) is 29.1 Å². The number of unbranched alkanes of at least 4 members (excludes halogenated alkanes) is 1. The number of rotatable bonds is 5. The van der Waals surface area contributed by atoms with Crippen molar-refractivity contribution in [2.24, 2.45) is 0 Å². The molecule has 0 unspecified atom stereocenters. The fourth-order valence-corrected chi connectivity index (χ4v) is 3.27. The van der Waals surface area contributed by atoms with Crippen LogP contribution in [-0.2, 0) is 25.6 Å². The molecule has 2 N–H and O–H groups in total. The van der Waals surface area contributed by atoms with Crippen LogP contribution in [0.3, 0.4) is 0 Å². The molecule has 0 radical (unpaired) electrons. The lowest BCUT2D eigenvalue weighted by atomic mass is 10.1. The van der Waals surface area contributed by atoms with Gasteiger partial charge < -0.3 is 15.2 Å². The van der Waals surface area contributed by atoms with Gasteiger partial charge in [0.05, 0.1) is 23.4 Å².